The van der Waals surface area contributed by atoms with Crippen LogP contribution in [0.3, 0.4) is 0 Å². The molecule has 0 saturated heterocycles. The van der Waals surface area contributed by atoms with Crippen LogP contribution in [0.15, 0.2) is 28.2 Å². The molecule has 6 heteroatoms. The van der Waals surface area contributed by atoms with E-state index < -0.39 is 0 Å². The van der Waals surface area contributed by atoms with Crippen LogP contribution in [-0.4, -0.2) is 21.1 Å². The van der Waals surface area contributed by atoms with Crippen LogP contribution in [0.2, 0.25) is 5.02 Å². The summed E-state index contributed by atoms with van der Waals surface area (Å²) in [5.41, 5.74) is 0.605. The van der Waals surface area contributed by atoms with Gasteiger partial charge in [0.2, 0.25) is 0 Å². The van der Waals surface area contributed by atoms with Gasteiger partial charge in [-0.1, -0.05) is 37.2 Å². The number of carbonyl (C=O) groups excluding carboxylic acids is 1. The van der Waals surface area contributed by atoms with Crippen LogP contribution in [0.5, 0.6) is 0 Å². The summed E-state index contributed by atoms with van der Waals surface area (Å²) in [5.74, 6) is 1.46. The number of aromatic nitrogens is 2. The van der Waals surface area contributed by atoms with Gasteiger partial charge in [0.15, 0.2) is 5.16 Å². The summed E-state index contributed by atoms with van der Waals surface area (Å²) in [5, 5.41) is 1.87. The maximum Gasteiger partial charge on any atom is 0.262 e. The molecule has 0 spiro atoms. The Bertz CT molecular complexity index is 786. The van der Waals surface area contributed by atoms with E-state index in [1.165, 1.54) is 11.8 Å². The number of carbonyl (C=O) groups is 1. The third-order valence-corrected chi connectivity index (χ3v) is 5.01. The fourth-order valence-corrected chi connectivity index (χ4v) is 3.48. The number of hydrogen-bond acceptors (Lipinski definition) is 4. The van der Waals surface area contributed by atoms with Crippen LogP contribution >= 0.6 is 23.4 Å². The van der Waals surface area contributed by atoms with Crippen LogP contribution in [0.25, 0.3) is 10.9 Å². The predicted molar refractivity (Wildman–Crippen MR) is 101 cm³/mol. The third-order valence-electron chi connectivity index (χ3n) is 3.72. The molecule has 0 bridgehead atoms. The number of hydrogen-bond donors (Lipinski definition) is 0. The highest BCUT2D eigenvalue weighted by atomic mass is 35.5. The predicted octanol–water partition coefficient (Wildman–Crippen LogP) is 4.56. The normalized spacial score (nSPS) is 11.4. The molecule has 2 rings (SSSR count). The molecule has 0 aliphatic rings. The van der Waals surface area contributed by atoms with Crippen molar-refractivity contribution in [1.82, 2.24) is 9.55 Å². The van der Waals surface area contributed by atoms with Gasteiger partial charge in [0, 0.05) is 23.7 Å². The first-order valence-corrected chi connectivity index (χ1v) is 9.57. The summed E-state index contributed by atoms with van der Waals surface area (Å²) in [7, 11) is 0. The Balaban J connectivity index is 2.34. The fraction of sp³-hybridized carbons (Fsp3) is 0.500. The van der Waals surface area contributed by atoms with Gasteiger partial charge in [-0.15, -0.1) is 0 Å². The number of halogens is 1. The van der Waals surface area contributed by atoms with Crippen molar-refractivity contribution in [2.24, 2.45) is 5.92 Å². The van der Waals surface area contributed by atoms with Gasteiger partial charge in [-0.05, 0) is 43.9 Å². The largest absolute Gasteiger partial charge is 0.300 e. The van der Waals surface area contributed by atoms with E-state index in [-0.39, 0.29) is 11.3 Å². The molecule has 0 N–H and O–H groups in total. The Morgan fingerprint density at radius 3 is 2.79 bits per heavy atom. The highest BCUT2D eigenvalue weighted by molar-refractivity contribution is 7.99. The quantitative estimate of drug-likeness (QED) is 0.390. The number of thioether (sulfide) groups is 1. The van der Waals surface area contributed by atoms with Crippen molar-refractivity contribution in [1.29, 1.82) is 0 Å². The maximum atomic E-state index is 12.8. The highest BCUT2D eigenvalue weighted by Gasteiger charge is 2.12. The second-order valence-electron chi connectivity index (χ2n) is 6.35. The molecular weight excluding hydrogens is 344 g/mol. The molecule has 0 aliphatic carbocycles. The maximum absolute atomic E-state index is 12.8. The van der Waals surface area contributed by atoms with Gasteiger partial charge in [-0.25, -0.2) is 4.98 Å². The van der Waals surface area contributed by atoms with E-state index in [1.54, 1.807) is 29.7 Å². The van der Waals surface area contributed by atoms with E-state index in [4.69, 9.17) is 11.6 Å². The van der Waals surface area contributed by atoms with E-state index in [2.05, 4.69) is 18.8 Å². The van der Waals surface area contributed by atoms with Gasteiger partial charge in [0.05, 0.1) is 10.9 Å². The monoisotopic (exact) mass is 366 g/mol. The summed E-state index contributed by atoms with van der Waals surface area (Å²) in [6.07, 6.45) is 2.26. The SMILES string of the molecule is CC(=O)CCCSc1nc2cc(Cl)ccc2c(=O)n1CCC(C)C. The average molecular weight is 367 g/mol. The Morgan fingerprint density at radius 1 is 1.38 bits per heavy atom. The number of nitrogens with zero attached hydrogens (tertiary/aromatic N) is 2. The molecule has 24 heavy (non-hydrogen) atoms. The molecule has 1 heterocycles. The van der Waals surface area contributed by atoms with Crippen LogP contribution in [0.4, 0.5) is 0 Å². The first-order chi connectivity index (χ1) is 11.4. The first-order valence-electron chi connectivity index (χ1n) is 8.21. The lowest BCUT2D eigenvalue weighted by atomic mass is 10.1. The van der Waals surface area contributed by atoms with Crippen LogP contribution < -0.4 is 5.56 Å². The third kappa shape index (κ3) is 5.08. The summed E-state index contributed by atoms with van der Waals surface area (Å²) in [6, 6.07) is 5.19. The second-order valence-corrected chi connectivity index (χ2v) is 7.85. The van der Waals surface area contributed by atoms with Gasteiger partial charge < -0.3 is 4.79 Å². The van der Waals surface area contributed by atoms with Gasteiger partial charge in [-0.3, -0.25) is 9.36 Å². The summed E-state index contributed by atoms with van der Waals surface area (Å²) in [4.78, 5) is 28.5. The van der Waals surface area contributed by atoms with E-state index in [0.717, 1.165) is 18.6 Å². The van der Waals surface area contributed by atoms with Gasteiger partial charge >= 0.3 is 0 Å². The van der Waals surface area contributed by atoms with Crippen molar-refractivity contribution in [3.8, 4) is 0 Å². The van der Waals surface area contributed by atoms with E-state index in [1.807, 2.05) is 0 Å². The highest BCUT2D eigenvalue weighted by Crippen LogP contribution is 2.22. The minimum absolute atomic E-state index is 0.0219. The lowest BCUT2D eigenvalue weighted by molar-refractivity contribution is -0.117. The minimum atomic E-state index is -0.0219. The van der Waals surface area contributed by atoms with Gasteiger partial charge in [0.25, 0.3) is 5.56 Å². The first kappa shape index (κ1) is 19.0. The molecule has 2 aromatic rings. The van der Waals surface area contributed by atoms with E-state index in [9.17, 15) is 9.59 Å². The van der Waals surface area contributed by atoms with Crippen molar-refractivity contribution in [3.05, 3.63) is 33.6 Å². The molecule has 130 valence electrons. The molecule has 1 aromatic heterocycles. The zero-order chi connectivity index (χ0) is 17.7. The van der Waals surface area contributed by atoms with Gasteiger partial charge in [0.1, 0.15) is 5.78 Å². The number of Topliss-reactive ketones (excluding diaryl/α,β-unsaturated/α-hetero) is 1. The summed E-state index contributed by atoms with van der Waals surface area (Å²) >= 11 is 7.57. The zero-order valence-corrected chi connectivity index (χ0v) is 15.9. The Kier molecular flexibility index (Phi) is 6.87. The molecule has 4 nitrogen and oxygen atoms in total. The van der Waals surface area contributed by atoms with Crippen molar-refractivity contribution in [3.63, 3.8) is 0 Å². The summed E-state index contributed by atoms with van der Waals surface area (Å²) < 4.78 is 1.76. The Labute approximate surface area is 151 Å². The Hall–Kier alpha value is -1.33. The van der Waals surface area contributed by atoms with E-state index in [0.29, 0.717) is 40.0 Å². The molecule has 0 amide bonds. The number of fused-ring (bicyclic) bond motifs is 1. The molecule has 0 atom stereocenters. The fourth-order valence-electron chi connectivity index (χ4n) is 2.35. The molecule has 0 aliphatic heterocycles. The molecule has 0 radical (unpaired) electrons. The number of ketones is 1. The molecule has 0 saturated carbocycles. The van der Waals surface area contributed by atoms with Crippen molar-refractivity contribution >= 4 is 40.0 Å². The van der Waals surface area contributed by atoms with Crippen LogP contribution in [0.1, 0.15) is 40.0 Å². The Morgan fingerprint density at radius 2 is 2.12 bits per heavy atom. The zero-order valence-electron chi connectivity index (χ0n) is 14.3. The molecule has 0 fully saturated rings. The smallest absolute Gasteiger partial charge is 0.262 e. The van der Waals surface area contributed by atoms with Crippen molar-refractivity contribution < 1.29 is 4.79 Å². The number of rotatable bonds is 8. The van der Waals surface area contributed by atoms with E-state index >= 15 is 0 Å². The molecule has 0 unspecified atom stereocenters. The van der Waals surface area contributed by atoms with Crippen LogP contribution in [-0.2, 0) is 11.3 Å². The summed E-state index contributed by atoms with van der Waals surface area (Å²) in [6.45, 7) is 6.52. The number of benzene rings is 1. The average Bonchev–Trinajstić information content (AvgIpc) is 2.50. The van der Waals surface area contributed by atoms with Crippen molar-refractivity contribution in [2.45, 2.75) is 51.7 Å². The minimum Gasteiger partial charge on any atom is -0.300 e. The molecular formula is C18H23ClN2O2S. The topological polar surface area (TPSA) is 52.0 Å². The lowest BCUT2D eigenvalue weighted by Gasteiger charge is -2.14. The molecule has 1 aromatic carbocycles. The van der Waals surface area contributed by atoms with Crippen molar-refractivity contribution in [2.75, 3.05) is 5.75 Å². The second kappa shape index (κ2) is 8.67. The lowest BCUT2D eigenvalue weighted by Crippen LogP contribution is -2.24. The van der Waals surface area contributed by atoms with Gasteiger partial charge in [-0.2, -0.15) is 0 Å². The van der Waals surface area contributed by atoms with Crippen LogP contribution in [0, 0.1) is 5.92 Å². The standard InChI is InChI=1S/C18H23ClN2O2S/c1-12(2)8-9-21-17(23)15-7-6-14(19)11-16(15)20-18(21)24-10-4-5-13(3)22/h6-7,11-12H,4-5,8-10H2,1-3H3.